The quantitative estimate of drug-likeness (QED) is 0.845. The van der Waals surface area contributed by atoms with Gasteiger partial charge in [-0.1, -0.05) is 0 Å². The molecular formula is C15H18N4O3S. The number of hydrogen-bond donors (Lipinski definition) is 2. The van der Waals surface area contributed by atoms with E-state index in [1.165, 1.54) is 22.2 Å². The first kappa shape index (κ1) is 15.7. The van der Waals surface area contributed by atoms with Gasteiger partial charge in [0.1, 0.15) is 10.9 Å². The highest BCUT2D eigenvalue weighted by atomic mass is 32.1. The molecule has 7 nitrogen and oxygen atoms in total. The van der Waals surface area contributed by atoms with Crippen molar-refractivity contribution >= 4 is 33.4 Å². The van der Waals surface area contributed by atoms with Crippen molar-refractivity contribution in [2.24, 2.45) is 7.05 Å². The van der Waals surface area contributed by atoms with Crippen LogP contribution in [0.5, 0.6) is 0 Å². The van der Waals surface area contributed by atoms with Crippen molar-refractivity contribution in [1.29, 1.82) is 0 Å². The Balaban J connectivity index is 1.92. The van der Waals surface area contributed by atoms with E-state index in [1.54, 1.807) is 14.0 Å². The van der Waals surface area contributed by atoms with Crippen LogP contribution in [0, 0.1) is 6.92 Å². The molecule has 1 saturated heterocycles. The van der Waals surface area contributed by atoms with E-state index in [9.17, 15) is 14.4 Å². The average molecular weight is 334 g/mol. The number of carbonyl (C=O) groups excluding carboxylic acids is 2. The molecule has 1 aliphatic heterocycles. The average Bonchev–Trinajstić information content (AvgIpc) is 2.73. The van der Waals surface area contributed by atoms with Gasteiger partial charge in [0.2, 0.25) is 5.91 Å². The number of rotatable bonds is 2. The smallest absolute Gasteiger partial charge is 0.262 e. The second-order valence-corrected chi connectivity index (χ2v) is 6.71. The van der Waals surface area contributed by atoms with E-state index >= 15 is 0 Å². The van der Waals surface area contributed by atoms with E-state index in [4.69, 9.17) is 0 Å². The van der Waals surface area contributed by atoms with Crippen molar-refractivity contribution in [2.45, 2.75) is 32.2 Å². The summed E-state index contributed by atoms with van der Waals surface area (Å²) in [6.45, 7) is 2.39. The van der Waals surface area contributed by atoms with Gasteiger partial charge in [-0.2, -0.15) is 0 Å². The Hall–Kier alpha value is -2.22. The molecule has 3 heterocycles. The van der Waals surface area contributed by atoms with Gasteiger partial charge in [0.05, 0.1) is 16.6 Å². The summed E-state index contributed by atoms with van der Waals surface area (Å²) >= 11 is 1.18. The molecule has 1 aliphatic rings. The SMILES string of the molecule is Cc1c(C(=O)N[C@H]2CCCCNC2=O)sc2ncn(C)c(=O)c12. The molecule has 0 bridgehead atoms. The molecule has 1 atom stereocenters. The van der Waals surface area contributed by atoms with Crippen molar-refractivity contribution in [2.75, 3.05) is 6.54 Å². The van der Waals surface area contributed by atoms with Crippen LogP contribution in [0.2, 0.25) is 0 Å². The van der Waals surface area contributed by atoms with Crippen molar-refractivity contribution in [3.8, 4) is 0 Å². The molecule has 2 N–H and O–H groups in total. The number of aryl methyl sites for hydroxylation is 2. The first-order valence-corrected chi connectivity index (χ1v) is 8.34. The van der Waals surface area contributed by atoms with Gasteiger partial charge in [0, 0.05) is 13.6 Å². The minimum absolute atomic E-state index is 0.149. The minimum atomic E-state index is -0.523. The molecule has 2 amide bonds. The van der Waals surface area contributed by atoms with E-state index in [0.29, 0.717) is 33.6 Å². The van der Waals surface area contributed by atoms with Crippen LogP contribution in [0.25, 0.3) is 10.2 Å². The Kier molecular flexibility index (Phi) is 4.16. The highest BCUT2D eigenvalue weighted by Crippen LogP contribution is 2.26. The number of thiophene rings is 1. The maximum Gasteiger partial charge on any atom is 0.262 e. The van der Waals surface area contributed by atoms with Gasteiger partial charge in [-0.3, -0.25) is 14.4 Å². The zero-order chi connectivity index (χ0) is 16.6. The van der Waals surface area contributed by atoms with Crippen LogP contribution in [-0.4, -0.2) is 34.0 Å². The Morgan fingerprint density at radius 1 is 1.43 bits per heavy atom. The van der Waals surface area contributed by atoms with Gasteiger partial charge in [-0.25, -0.2) is 4.98 Å². The Morgan fingerprint density at radius 3 is 3.00 bits per heavy atom. The topological polar surface area (TPSA) is 93.1 Å². The lowest BCUT2D eigenvalue weighted by molar-refractivity contribution is -0.122. The molecule has 3 rings (SSSR count). The fourth-order valence-corrected chi connectivity index (χ4v) is 3.77. The van der Waals surface area contributed by atoms with Gasteiger partial charge in [0.25, 0.3) is 11.5 Å². The van der Waals surface area contributed by atoms with Gasteiger partial charge < -0.3 is 15.2 Å². The summed E-state index contributed by atoms with van der Waals surface area (Å²) in [6.07, 6.45) is 3.87. The normalized spacial score (nSPS) is 18.5. The maximum absolute atomic E-state index is 12.5. The van der Waals surface area contributed by atoms with Crippen molar-refractivity contribution in [3.63, 3.8) is 0 Å². The summed E-state index contributed by atoms with van der Waals surface area (Å²) < 4.78 is 1.39. The summed E-state index contributed by atoms with van der Waals surface area (Å²) in [5.74, 6) is -0.474. The number of carbonyl (C=O) groups is 2. The first-order valence-electron chi connectivity index (χ1n) is 7.52. The summed E-state index contributed by atoms with van der Waals surface area (Å²) in [5, 5.41) is 6.04. The lowest BCUT2D eigenvalue weighted by Gasteiger charge is -2.14. The fraction of sp³-hybridized carbons (Fsp3) is 0.467. The van der Waals surface area contributed by atoms with E-state index in [2.05, 4.69) is 15.6 Å². The first-order chi connectivity index (χ1) is 11.0. The van der Waals surface area contributed by atoms with Crippen LogP contribution in [0.3, 0.4) is 0 Å². The molecule has 23 heavy (non-hydrogen) atoms. The molecule has 8 heteroatoms. The van der Waals surface area contributed by atoms with Crippen LogP contribution in [0.1, 0.15) is 34.5 Å². The van der Waals surface area contributed by atoms with Crippen LogP contribution in [0.15, 0.2) is 11.1 Å². The highest BCUT2D eigenvalue weighted by molar-refractivity contribution is 7.20. The van der Waals surface area contributed by atoms with Gasteiger partial charge >= 0.3 is 0 Å². The summed E-state index contributed by atoms with van der Waals surface area (Å²) in [5.41, 5.74) is 0.445. The lowest BCUT2D eigenvalue weighted by Crippen LogP contribution is -2.45. The number of aromatic nitrogens is 2. The predicted octanol–water partition coefficient (Wildman–Crippen LogP) is 0.702. The second kappa shape index (κ2) is 6.11. The van der Waals surface area contributed by atoms with Gasteiger partial charge in [-0.05, 0) is 31.7 Å². The largest absolute Gasteiger partial charge is 0.354 e. The minimum Gasteiger partial charge on any atom is -0.354 e. The third kappa shape index (κ3) is 2.86. The summed E-state index contributed by atoms with van der Waals surface area (Å²) in [7, 11) is 1.63. The molecule has 1 fully saturated rings. The monoisotopic (exact) mass is 334 g/mol. The standard InChI is InChI=1S/C15H18N4O3S/c1-8-10-14(17-7-19(2)15(10)22)23-11(8)13(21)18-9-5-3-4-6-16-12(9)20/h7,9H,3-6H2,1-2H3,(H,16,20)(H,18,21)/t9-/m0/s1. The van der Waals surface area contributed by atoms with Gasteiger partial charge in [0.15, 0.2) is 0 Å². The number of hydrogen-bond acceptors (Lipinski definition) is 5. The molecule has 122 valence electrons. The molecule has 2 aromatic heterocycles. The molecule has 0 aliphatic carbocycles. The molecular weight excluding hydrogens is 316 g/mol. The lowest BCUT2D eigenvalue weighted by atomic mass is 10.1. The number of fused-ring (bicyclic) bond motifs is 1. The molecule has 2 aromatic rings. The summed E-state index contributed by atoms with van der Waals surface area (Å²) in [4.78, 5) is 41.9. The third-order valence-electron chi connectivity index (χ3n) is 4.06. The van der Waals surface area contributed by atoms with E-state index in [0.717, 1.165) is 12.8 Å². The highest BCUT2D eigenvalue weighted by Gasteiger charge is 2.25. The zero-order valence-corrected chi connectivity index (χ0v) is 13.8. The Labute approximate surface area is 136 Å². The third-order valence-corrected chi connectivity index (χ3v) is 5.26. The molecule has 0 spiro atoms. The van der Waals surface area contributed by atoms with Crippen LogP contribution >= 0.6 is 11.3 Å². The van der Waals surface area contributed by atoms with Gasteiger partial charge in [-0.15, -0.1) is 11.3 Å². The maximum atomic E-state index is 12.5. The zero-order valence-electron chi connectivity index (χ0n) is 13.0. The van der Waals surface area contributed by atoms with Crippen LogP contribution in [-0.2, 0) is 11.8 Å². The van der Waals surface area contributed by atoms with E-state index in [-0.39, 0.29) is 17.4 Å². The number of amides is 2. The van der Waals surface area contributed by atoms with Crippen molar-refractivity contribution < 1.29 is 9.59 Å². The summed E-state index contributed by atoms with van der Waals surface area (Å²) in [6, 6.07) is -0.523. The Bertz CT molecular complexity index is 839. The van der Waals surface area contributed by atoms with Crippen LogP contribution in [0.4, 0.5) is 0 Å². The molecule has 0 unspecified atom stereocenters. The fourth-order valence-electron chi connectivity index (χ4n) is 2.73. The van der Waals surface area contributed by atoms with Crippen molar-refractivity contribution in [1.82, 2.24) is 20.2 Å². The Morgan fingerprint density at radius 2 is 2.22 bits per heavy atom. The van der Waals surface area contributed by atoms with E-state index < -0.39 is 6.04 Å². The van der Waals surface area contributed by atoms with E-state index in [1.807, 2.05) is 0 Å². The molecule has 0 aromatic carbocycles. The number of nitrogens with one attached hydrogen (secondary N) is 2. The van der Waals surface area contributed by atoms with Crippen molar-refractivity contribution in [3.05, 3.63) is 27.1 Å². The molecule has 0 radical (unpaired) electrons. The molecule has 0 saturated carbocycles. The van der Waals surface area contributed by atoms with Crippen LogP contribution < -0.4 is 16.2 Å². The number of nitrogens with zero attached hydrogens (tertiary/aromatic N) is 2. The second-order valence-electron chi connectivity index (χ2n) is 5.71. The predicted molar refractivity (Wildman–Crippen MR) is 87.7 cm³/mol.